The van der Waals surface area contributed by atoms with Gasteiger partial charge in [-0.3, -0.25) is 0 Å². The van der Waals surface area contributed by atoms with E-state index in [1.807, 2.05) is 0 Å². The summed E-state index contributed by atoms with van der Waals surface area (Å²) < 4.78 is 0. The van der Waals surface area contributed by atoms with E-state index in [1.165, 1.54) is 44.4 Å². The zero-order chi connectivity index (χ0) is 13.7. The highest BCUT2D eigenvalue weighted by atomic mass is 35.5. The molecule has 0 bridgehead atoms. The second kappa shape index (κ2) is 6.75. The van der Waals surface area contributed by atoms with Crippen LogP contribution in [0.4, 0.5) is 5.82 Å². The minimum atomic E-state index is -1.01. The van der Waals surface area contributed by atoms with Crippen LogP contribution in [0.15, 0.2) is 12.3 Å². The number of carbonyl (C=O) groups is 1. The van der Waals surface area contributed by atoms with Crippen molar-refractivity contribution in [2.45, 2.75) is 38.5 Å². The normalized spacial score (nSPS) is 15.6. The van der Waals surface area contributed by atoms with Crippen molar-refractivity contribution in [2.75, 3.05) is 11.9 Å². The van der Waals surface area contributed by atoms with Gasteiger partial charge in [0, 0.05) is 12.7 Å². The smallest absolute Gasteiger partial charge is 0.337 e. The molecule has 4 nitrogen and oxygen atoms in total. The van der Waals surface area contributed by atoms with Crippen LogP contribution in [-0.4, -0.2) is 22.6 Å². The molecule has 0 aliphatic heterocycles. The molecular weight excluding hydrogens is 264 g/mol. The molecule has 2 N–H and O–H groups in total. The van der Waals surface area contributed by atoms with Gasteiger partial charge in [0.1, 0.15) is 5.82 Å². The van der Waals surface area contributed by atoms with E-state index >= 15 is 0 Å². The van der Waals surface area contributed by atoms with Crippen molar-refractivity contribution in [2.24, 2.45) is 5.92 Å². The molecule has 1 aliphatic carbocycles. The zero-order valence-corrected chi connectivity index (χ0v) is 11.6. The monoisotopic (exact) mass is 282 g/mol. The Bertz CT molecular complexity index is 445. The summed E-state index contributed by atoms with van der Waals surface area (Å²) >= 11 is 5.99. The number of carboxylic acid groups (broad SMARTS) is 1. The van der Waals surface area contributed by atoms with Crippen molar-refractivity contribution in [1.82, 2.24) is 4.98 Å². The molecule has 2 rings (SSSR count). The van der Waals surface area contributed by atoms with Crippen LogP contribution < -0.4 is 5.32 Å². The molecule has 0 amide bonds. The lowest BCUT2D eigenvalue weighted by atomic mass is 10.0. The van der Waals surface area contributed by atoms with Gasteiger partial charge in [0.15, 0.2) is 0 Å². The third kappa shape index (κ3) is 4.10. The predicted octanol–water partition coefficient (Wildman–Crippen LogP) is 3.82. The first kappa shape index (κ1) is 14.1. The molecule has 19 heavy (non-hydrogen) atoms. The number of nitrogens with one attached hydrogen (secondary N) is 1. The number of nitrogens with zero attached hydrogens (tertiary/aromatic N) is 1. The Kier molecular flexibility index (Phi) is 5.02. The summed E-state index contributed by atoms with van der Waals surface area (Å²) in [6, 6.07) is 1.43. The van der Waals surface area contributed by atoms with Gasteiger partial charge >= 0.3 is 5.97 Å². The number of aromatic nitrogens is 1. The van der Waals surface area contributed by atoms with Crippen molar-refractivity contribution in [3.05, 3.63) is 22.8 Å². The lowest BCUT2D eigenvalue weighted by molar-refractivity contribution is 0.0696. The number of halogens is 1. The number of aromatic carboxylic acids is 1. The van der Waals surface area contributed by atoms with Gasteiger partial charge in [0.05, 0.1) is 10.6 Å². The Morgan fingerprint density at radius 2 is 2.21 bits per heavy atom. The first-order valence-electron chi connectivity index (χ1n) is 6.79. The molecule has 0 atom stereocenters. The zero-order valence-electron chi connectivity index (χ0n) is 10.9. The number of rotatable bonds is 6. The maximum atomic E-state index is 10.8. The highest BCUT2D eigenvalue weighted by Crippen LogP contribution is 2.28. The Hall–Kier alpha value is -1.29. The summed E-state index contributed by atoms with van der Waals surface area (Å²) in [7, 11) is 0. The summed E-state index contributed by atoms with van der Waals surface area (Å²) in [5.74, 6) is 0.444. The van der Waals surface area contributed by atoms with Crippen molar-refractivity contribution in [3.8, 4) is 0 Å². The summed E-state index contributed by atoms with van der Waals surface area (Å²) in [6.07, 6.45) is 9.16. The van der Waals surface area contributed by atoms with Gasteiger partial charge in [0.2, 0.25) is 0 Å². The first-order valence-corrected chi connectivity index (χ1v) is 7.17. The molecule has 0 saturated heterocycles. The Balaban J connectivity index is 1.77. The number of carboxylic acids is 1. The van der Waals surface area contributed by atoms with Gasteiger partial charge in [-0.1, -0.05) is 37.3 Å². The molecule has 1 aromatic heterocycles. The summed E-state index contributed by atoms with van der Waals surface area (Å²) in [4.78, 5) is 14.8. The molecule has 5 heteroatoms. The van der Waals surface area contributed by atoms with Crippen LogP contribution in [0.25, 0.3) is 0 Å². The molecule has 1 fully saturated rings. The standard InChI is InChI=1S/C14H19ClN2O2/c15-12-8-11(14(18)19)9-17-13(12)16-7-3-6-10-4-1-2-5-10/h8-10H,1-7H2,(H,16,17)(H,18,19). The number of pyridine rings is 1. The Labute approximate surface area is 118 Å². The van der Waals surface area contributed by atoms with Crippen molar-refractivity contribution >= 4 is 23.4 Å². The fourth-order valence-corrected chi connectivity index (χ4v) is 2.81. The van der Waals surface area contributed by atoms with Gasteiger partial charge < -0.3 is 10.4 Å². The van der Waals surface area contributed by atoms with E-state index in [0.717, 1.165) is 18.9 Å². The molecule has 0 radical (unpaired) electrons. The van der Waals surface area contributed by atoms with Gasteiger partial charge in [-0.15, -0.1) is 0 Å². The summed E-state index contributed by atoms with van der Waals surface area (Å²) in [6.45, 7) is 0.829. The predicted molar refractivity (Wildman–Crippen MR) is 75.9 cm³/mol. The quantitative estimate of drug-likeness (QED) is 0.779. The third-order valence-corrected chi connectivity index (χ3v) is 3.93. The number of anilines is 1. The summed E-state index contributed by atoms with van der Waals surface area (Å²) in [5, 5.41) is 12.3. The van der Waals surface area contributed by atoms with E-state index in [9.17, 15) is 4.79 Å². The van der Waals surface area contributed by atoms with Crippen LogP contribution in [0.2, 0.25) is 5.02 Å². The lowest BCUT2D eigenvalue weighted by Gasteiger charge is -2.10. The Morgan fingerprint density at radius 1 is 1.47 bits per heavy atom. The van der Waals surface area contributed by atoms with Crippen LogP contribution in [0.1, 0.15) is 48.9 Å². The molecule has 0 unspecified atom stereocenters. The molecule has 1 saturated carbocycles. The third-order valence-electron chi connectivity index (χ3n) is 3.64. The lowest BCUT2D eigenvalue weighted by Crippen LogP contribution is -2.07. The molecule has 1 aromatic rings. The van der Waals surface area contributed by atoms with Crippen LogP contribution in [0.3, 0.4) is 0 Å². The SMILES string of the molecule is O=C(O)c1cnc(NCCCC2CCCC2)c(Cl)c1. The molecule has 0 aromatic carbocycles. The van der Waals surface area contributed by atoms with E-state index in [1.54, 1.807) is 0 Å². The van der Waals surface area contributed by atoms with E-state index in [0.29, 0.717) is 10.8 Å². The minimum absolute atomic E-state index is 0.113. The largest absolute Gasteiger partial charge is 0.478 e. The summed E-state index contributed by atoms with van der Waals surface area (Å²) in [5.41, 5.74) is 0.113. The van der Waals surface area contributed by atoms with Crippen LogP contribution in [-0.2, 0) is 0 Å². The molecule has 1 aliphatic rings. The fourth-order valence-electron chi connectivity index (χ4n) is 2.58. The van der Waals surface area contributed by atoms with Gasteiger partial charge in [-0.2, -0.15) is 0 Å². The second-order valence-corrected chi connectivity index (χ2v) is 5.49. The van der Waals surface area contributed by atoms with Gasteiger partial charge in [-0.25, -0.2) is 9.78 Å². The van der Waals surface area contributed by atoms with Crippen LogP contribution >= 0.6 is 11.6 Å². The second-order valence-electron chi connectivity index (χ2n) is 5.08. The average molecular weight is 283 g/mol. The molecule has 0 spiro atoms. The minimum Gasteiger partial charge on any atom is -0.478 e. The highest BCUT2D eigenvalue weighted by molar-refractivity contribution is 6.33. The van der Waals surface area contributed by atoms with Crippen molar-refractivity contribution in [1.29, 1.82) is 0 Å². The van der Waals surface area contributed by atoms with Crippen molar-refractivity contribution < 1.29 is 9.90 Å². The van der Waals surface area contributed by atoms with Crippen molar-refractivity contribution in [3.63, 3.8) is 0 Å². The van der Waals surface area contributed by atoms with E-state index in [4.69, 9.17) is 16.7 Å². The first-order chi connectivity index (χ1) is 9.16. The average Bonchev–Trinajstić information content (AvgIpc) is 2.89. The number of hydrogen-bond acceptors (Lipinski definition) is 3. The van der Waals surface area contributed by atoms with E-state index in [-0.39, 0.29) is 5.56 Å². The van der Waals surface area contributed by atoms with Gasteiger partial charge in [-0.05, 0) is 24.8 Å². The number of hydrogen-bond donors (Lipinski definition) is 2. The molecule has 104 valence electrons. The molecular formula is C14H19ClN2O2. The van der Waals surface area contributed by atoms with Crippen LogP contribution in [0, 0.1) is 5.92 Å². The van der Waals surface area contributed by atoms with Gasteiger partial charge in [0.25, 0.3) is 0 Å². The molecule has 1 heterocycles. The maximum absolute atomic E-state index is 10.8. The van der Waals surface area contributed by atoms with E-state index in [2.05, 4.69) is 10.3 Å². The van der Waals surface area contributed by atoms with E-state index < -0.39 is 5.97 Å². The Morgan fingerprint density at radius 3 is 2.84 bits per heavy atom. The maximum Gasteiger partial charge on any atom is 0.337 e. The fraction of sp³-hybridized carbons (Fsp3) is 0.571. The topological polar surface area (TPSA) is 62.2 Å². The van der Waals surface area contributed by atoms with Crippen LogP contribution in [0.5, 0.6) is 0 Å². The highest BCUT2D eigenvalue weighted by Gasteiger charge is 2.14.